The minimum Gasteiger partial charge on any atom is -0.356 e. The van der Waals surface area contributed by atoms with Crippen LogP contribution in [0.25, 0.3) is 11.3 Å². The van der Waals surface area contributed by atoms with Gasteiger partial charge in [-0.1, -0.05) is 35.0 Å². The average Bonchev–Trinajstić information content (AvgIpc) is 3.69. The lowest BCUT2D eigenvalue weighted by Gasteiger charge is -2.39. The van der Waals surface area contributed by atoms with Crippen LogP contribution in [0.1, 0.15) is 42.9 Å². The third-order valence-corrected chi connectivity index (χ3v) is 8.23. The number of carbonyl (C=O) groups excluding carboxylic acids is 3. The molecule has 0 radical (unpaired) electrons. The van der Waals surface area contributed by atoms with Gasteiger partial charge in [-0.3, -0.25) is 24.2 Å². The number of alkyl halides is 2. The molecule has 0 bridgehead atoms. The smallest absolute Gasteiger partial charge is 0.252 e. The van der Waals surface area contributed by atoms with Crippen LogP contribution in [0.2, 0.25) is 5.02 Å². The highest BCUT2D eigenvalue weighted by atomic mass is 35.5. The Morgan fingerprint density at radius 3 is 2.61 bits per heavy atom. The molecule has 1 aliphatic heterocycles. The van der Waals surface area contributed by atoms with Crippen molar-refractivity contribution in [2.75, 3.05) is 9.80 Å². The van der Waals surface area contributed by atoms with E-state index in [1.165, 1.54) is 48.8 Å². The molecule has 14 heteroatoms. The summed E-state index contributed by atoms with van der Waals surface area (Å²) in [5, 5.41) is 15.7. The predicted octanol–water partition coefficient (Wildman–Crippen LogP) is 5.58. The number of nitriles is 1. The molecule has 2 aromatic heterocycles. The van der Waals surface area contributed by atoms with E-state index in [-0.39, 0.29) is 51.8 Å². The van der Waals surface area contributed by atoms with Gasteiger partial charge in [-0.05, 0) is 42.8 Å². The van der Waals surface area contributed by atoms with Crippen LogP contribution in [0.4, 0.5) is 24.7 Å². The Labute approximate surface area is 265 Å². The van der Waals surface area contributed by atoms with Crippen molar-refractivity contribution in [3.8, 4) is 17.4 Å². The number of anilines is 2. The first kappa shape index (κ1) is 30.8. The Balaban J connectivity index is 1.50. The number of rotatable bonds is 8. The average molecular weight is 649 g/mol. The van der Waals surface area contributed by atoms with Crippen molar-refractivity contribution in [3.05, 3.63) is 95.0 Å². The van der Waals surface area contributed by atoms with Gasteiger partial charge in [0.1, 0.15) is 23.7 Å². The number of amides is 3. The summed E-state index contributed by atoms with van der Waals surface area (Å²) >= 11 is 6.57. The zero-order chi connectivity index (χ0) is 32.6. The van der Waals surface area contributed by atoms with E-state index in [2.05, 4.69) is 15.5 Å². The van der Waals surface area contributed by atoms with Crippen molar-refractivity contribution < 1.29 is 32.1 Å². The monoisotopic (exact) mass is 648 g/mol. The number of aromatic nitrogens is 2. The summed E-state index contributed by atoms with van der Waals surface area (Å²) in [6.07, 6.45) is 1.43. The first-order valence-corrected chi connectivity index (χ1v) is 14.6. The molecule has 46 heavy (non-hydrogen) atoms. The third-order valence-electron chi connectivity index (χ3n) is 7.88. The summed E-state index contributed by atoms with van der Waals surface area (Å²) in [7, 11) is 0. The van der Waals surface area contributed by atoms with E-state index in [0.717, 1.165) is 21.9 Å². The first-order valence-electron chi connectivity index (χ1n) is 14.2. The van der Waals surface area contributed by atoms with Crippen LogP contribution >= 0.6 is 11.6 Å². The molecular formula is C32H24ClF3N6O4. The van der Waals surface area contributed by atoms with Crippen molar-refractivity contribution in [1.29, 1.82) is 5.26 Å². The van der Waals surface area contributed by atoms with Gasteiger partial charge in [0.05, 0.1) is 17.8 Å². The van der Waals surface area contributed by atoms with Crippen LogP contribution in [-0.2, 0) is 14.4 Å². The summed E-state index contributed by atoms with van der Waals surface area (Å²) in [5.41, 5.74) is 0.408. The maximum absolute atomic E-state index is 15.3. The topological polar surface area (TPSA) is 132 Å². The number of nitrogens with one attached hydrogen (secondary N) is 1. The van der Waals surface area contributed by atoms with Gasteiger partial charge in [0.25, 0.3) is 11.8 Å². The van der Waals surface area contributed by atoms with E-state index in [1.807, 2.05) is 6.07 Å². The highest BCUT2D eigenvalue weighted by molar-refractivity contribution is 6.31. The zero-order valence-electron chi connectivity index (χ0n) is 23.9. The summed E-state index contributed by atoms with van der Waals surface area (Å²) < 4.78 is 48.0. The Hall–Kier alpha value is -5.22. The quantitative estimate of drug-likeness (QED) is 0.264. The summed E-state index contributed by atoms with van der Waals surface area (Å²) in [5.74, 6) is -5.64. The molecule has 3 amide bonds. The van der Waals surface area contributed by atoms with Crippen molar-refractivity contribution >= 4 is 40.8 Å². The molecule has 1 N–H and O–H groups in total. The van der Waals surface area contributed by atoms with E-state index in [0.29, 0.717) is 0 Å². The summed E-state index contributed by atoms with van der Waals surface area (Å²) in [6.45, 7) is 0. The Kier molecular flexibility index (Phi) is 8.22. The van der Waals surface area contributed by atoms with Gasteiger partial charge in [0.15, 0.2) is 5.76 Å². The molecule has 3 heterocycles. The van der Waals surface area contributed by atoms with Crippen LogP contribution in [0.15, 0.2) is 77.6 Å². The maximum Gasteiger partial charge on any atom is 0.252 e. The van der Waals surface area contributed by atoms with Gasteiger partial charge >= 0.3 is 0 Å². The Morgan fingerprint density at radius 2 is 1.91 bits per heavy atom. The minimum absolute atomic E-state index is 0.00259. The molecule has 6 rings (SSSR count). The number of nitrogens with zero attached hydrogens (tertiary/aromatic N) is 5. The molecule has 4 aromatic rings. The van der Waals surface area contributed by atoms with Gasteiger partial charge < -0.3 is 9.84 Å². The second-order valence-electron chi connectivity index (χ2n) is 11.0. The predicted molar refractivity (Wildman–Crippen MR) is 159 cm³/mol. The van der Waals surface area contributed by atoms with E-state index in [4.69, 9.17) is 16.1 Å². The standard InChI is InChI=1S/C32H24ClF3N6O4/c33-24-4-2-1-3-23(24)29(30(44)40-21-15-32(35,36)16-21)41(22-13-19(12-20(34)14-22)26-8-10-39-46-26)31(45)25-5-6-28(43)42(25)27-11-18(17-37)7-9-38-27/h1-4,7-14,21,25,29H,5-6,15-16H2,(H,40,44)/t25-,29-/m0/s1. The van der Waals surface area contributed by atoms with Crippen molar-refractivity contribution in [2.24, 2.45) is 0 Å². The summed E-state index contributed by atoms with van der Waals surface area (Å²) in [4.78, 5) is 48.4. The number of hydrogen-bond donors (Lipinski definition) is 1. The largest absolute Gasteiger partial charge is 0.356 e. The Bertz CT molecular complexity index is 1860. The number of hydrogen-bond acceptors (Lipinski definition) is 7. The second kappa shape index (κ2) is 12.3. The van der Waals surface area contributed by atoms with Gasteiger partial charge in [0.2, 0.25) is 11.8 Å². The normalized spacial score (nSPS) is 18.0. The zero-order valence-corrected chi connectivity index (χ0v) is 24.6. The van der Waals surface area contributed by atoms with Gasteiger partial charge in [0, 0.05) is 59.4 Å². The highest BCUT2D eigenvalue weighted by Gasteiger charge is 2.48. The van der Waals surface area contributed by atoms with Crippen molar-refractivity contribution in [1.82, 2.24) is 15.5 Å². The third kappa shape index (κ3) is 6.03. The second-order valence-corrected chi connectivity index (χ2v) is 11.4. The van der Waals surface area contributed by atoms with Crippen molar-refractivity contribution in [2.45, 2.75) is 49.7 Å². The number of pyridine rings is 1. The lowest BCUT2D eigenvalue weighted by Crippen LogP contribution is -2.56. The lowest BCUT2D eigenvalue weighted by molar-refractivity contribution is -0.133. The van der Waals surface area contributed by atoms with Crippen molar-refractivity contribution in [3.63, 3.8) is 0 Å². The molecule has 234 valence electrons. The maximum atomic E-state index is 15.3. The van der Waals surface area contributed by atoms with Crippen LogP contribution in [0.3, 0.4) is 0 Å². The van der Waals surface area contributed by atoms with Crippen LogP contribution < -0.4 is 15.1 Å². The van der Waals surface area contributed by atoms with Crippen LogP contribution in [0.5, 0.6) is 0 Å². The fourth-order valence-electron chi connectivity index (χ4n) is 5.75. The molecule has 1 saturated carbocycles. The number of carbonyl (C=O) groups is 3. The van der Waals surface area contributed by atoms with E-state index < -0.39 is 60.4 Å². The number of benzene rings is 2. The molecule has 1 saturated heterocycles. The first-order chi connectivity index (χ1) is 22.0. The number of halogens is 4. The SMILES string of the molecule is N#Cc1ccnc(N2C(=O)CC[C@H]2C(=O)N(c2cc(F)cc(-c3ccno3)c2)[C@H](C(=O)NC2CC(F)(F)C2)c2ccccc2Cl)c1. The minimum atomic E-state index is -2.95. The Morgan fingerprint density at radius 1 is 1.13 bits per heavy atom. The molecule has 2 aliphatic rings. The lowest BCUT2D eigenvalue weighted by atomic mass is 9.87. The molecule has 2 aromatic carbocycles. The summed E-state index contributed by atoms with van der Waals surface area (Å²) in [6, 6.07) is 12.3. The van der Waals surface area contributed by atoms with E-state index in [1.54, 1.807) is 12.1 Å². The van der Waals surface area contributed by atoms with Gasteiger partial charge in [-0.25, -0.2) is 18.2 Å². The van der Waals surface area contributed by atoms with E-state index in [9.17, 15) is 28.4 Å². The van der Waals surface area contributed by atoms with Gasteiger partial charge in [-0.15, -0.1) is 0 Å². The molecule has 2 fully saturated rings. The molecule has 2 atom stereocenters. The molecule has 0 unspecified atom stereocenters. The molecule has 10 nitrogen and oxygen atoms in total. The van der Waals surface area contributed by atoms with Crippen LogP contribution in [-0.4, -0.2) is 45.9 Å². The van der Waals surface area contributed by atoms with E-state index >= 15 is 4.39 Å². The van der Waals surface area contributed by atoms with Crippen LogP contribution in [0, 0.1) is 17.1 Å². The fourth-order valence-corrected chi connectivity index (χ4v) is 5.99. The highest BCUT2D eigenvalue weighted by Crippen LogP contribution is 2.40. The molecule has 0 spiro atoms. The molecular weight excluding hydrogens is 625 g/mol. The van der Waals surface area contributed by atoms with Gasteiger partial charge in [-0.2, -0.15) is 5.26 Å². The molecule has 1 aliphatic carbocycles. The fraction of sp³-hybridized carbons (Fsp3) is 0.250.